The van der Waals surface area contributed by atoms with Gasteiger partial charge in [-0.15, -0.1) is 0 Å². The Morgan fingerprint density at radius 2 is 0.833 bits per heavy atom. The van der Waals surface area contributed by atoms with Gasteiger partial charge in [-0.25, -0.2) is 0 Å². The van der Waals surface area contributed by atoms with Crippen molar-refractivity contribution in [3.05, 3.63) is 167 Å². The summed E-state index contributed by atoms with van der Waals surface area (Å²) in [5, 5.41) is 6.30. The average molecular weight is 557 g/mol. The second-order valence-electron chi connectivity index (χ2n) is 9.76. The summed E-state index contributed by atoms with van der Waals surface area (Å²) in [4.78, 5) is 27.1. The zero-order valence-electron chi connectivity index (χ0n) is 23.5. The molecule has 2 amide bonds. The Kier molecular flexibility index (Phi) is 8.94. The maximum Gasteiger partial charge on any atom is 0.252 e. The van der Waals surface area contributed by atoms with Crippen LogP contribution in [0.15, 0.2) is 133 Å². The van der Waals surface area contributed by atoms with Crippen LogP contribution in [0.4, 0.5) is 0 Å². The summed E-state index contributed by atoms with van der Waals surface area (Å²) in [5.41, 5.74) is 4.48. The molecule has 0 unspecified atom stereocenters. The van der Waals surface area contributed by atoms with E-state index in [-0.39, 0.29) is 23.9 Å². The van der Waals surface area contributed by atoms with Gasteiger partial charge in [-0.3, -0.25) is 9.59 Å². The van der Waals surface area contributed by atoms with E-state index >= 15 is 0 Å². The lowest BCUT2D eigenvalue weighted by molar-refractivity contribution is 0.0942. The van der Waals surface area contributed by atoms with Gasteiger partial charge in [-0.1, -0.05) is 91.0 Å². The molecule has 210 valence electrons. The fourth-order valence-corrected chi connectivity index (χ4v) is 4.83. The molecule has 0 fully saturated rings. The number of hydrogen-bond donors (Lipinski definition) is 2. The minimum absolute atomic E-state index is 0.288. The molecular formula is C36H32N2O4. The third kappa shape index (κ3) is 6.67. The van der Waals surface area contributed by atoms with E-state index in [4.69, 9.17) is 9.47 Å². The maximum atomic E-state index is 13.5. The van der Waals surface area contributed by atoms with Crippen molar-refractivity contribution in [2.24, 2.45) is 0 Å². The first kappa shape index (κ1) is 28.2. The predicted octanol–water partition coefficient (Wildman–Crippen LogP) is 6.74. The van der Waals surface area contributed by atoms with Gasteiger partial charge in [0.15, 0.2) is 0 Å². The summed E-state index contributed by atoms with van der Waals surface area (Å²) < 4.78 is 10.6. The van der Waals surface area contributed by atoms with Crippen molar-refractivity contribution >= 4 is 11.8 Å². The molecule has 6 nitrogen and oxygen atoms in total. The van der Waals surface area contributed by atoms with Crippen molar-refractivity contribution in [1.82, 2.24) is 10.6 Å². The fourth-order valence-electron chi connectivity index (χ4n) is 4.83. The van der Waals surface area contributed by atoms with E-state index < -0.39 is 0 Å². The van der Waals surface area contributed by atoms with E-state index in [0.29, 0.717) is 11.1 Å². The van der Waals surface area contributed by atoms with Crippen LogP contribution in [0.5, 0.6) is 11.5 Å². The van der Waals surface area contributed by atoms with Crippen molar-refractivity contribution in [2.45, 2.75) is 12.1 Å². The summed E-state index contributed by atoms with van der Waals surface area (Å²) in [6.07, 6.45) is 0. The summed E-state index contributed by atoms with van der Waals surface area (Å²) in [6, 6.07) is 40.7. The zero-order valence-corrected chi connectivity index (χ0v) is 23.5. The molecule has 2 N–H and O–H groups in total. The van der Waals surface area contributed by atoms with Crippen molar-refractivity contribution < 1.29 is 19.1 Å². The lowest BCUT2D eigenvalue weighted by Crippen LogP contribution is -2.31. The molecule has 0 saturated carbocycles. The number of carbonyl (C=O) groups is 2. The molecule has 0 spiro atoms. The summed E-state index contributed by atoms with van der Waals surface area (Å²) in [6.45, 7) is 0. The predicted molar refractivity (Wildman–Crippen MR) is 164 cm³/mol. The largest absolute Gasteiger partial charge is 0.497 e. The van der Waals surface area contributed by atoms with Gasteiger partial charge < -0.3 is 20.1 Å². The van der Waals surface area contributed by atoms with Crippen LogP contribution >= 0.6 is 0 Å². The Morgan fingerprint density at radius 1 is 0.476 bits per heavy atom. The smallest absolute Gasteiger partial charge is 0.252 e. The van der Waals surface area contributed by atoms with Gasteiger partial charge in [0.05, 0.1) is 26.3 Å². The molecule has 5 aromatic carbocycles. The average Bonchev–Trinajstić information content (AvgIpc) is 3.07. The van der Waals surface area contributed by atoms with Crippen molar-refractivity contribution in [3.63, 3.8) is 0 Å². The molecule has 5 rings (SSSR count). The highest BCUT2D eigenvalue weighted by Crippen LogP contribution is 2.26. The van der Waals surface area contributed by atoms with Crippen LogP contribution in [0.3, 0.4) is 0 Å². The van der Waals surface area contributed by atoms with E-state index in [9.17, 15) is 9.59 Å². The maximum absolute atomic E-state index is 13.5. The number of hydrogen-bond acceptors (Lipinski definition) is 4. The van der Waals surface area contributed by atoms with Gasteiger partial charge >= 0.3 is 0 Å². The van der Waals surface area contributed by atoms with Crippen molar-refractivity contribution in [2.75, 3.05) is 14.2 Å². The van der Waals surface area contributed by atoms with E-state index in [1.54, 1.807) is 38.5 Å². The Hall–Kier alpha value is -5.36. The summed E-state index contributed by atoms with van der Waals surface area (Å²) >= 11 is 0. The highest BCUT2D eigenvalue weighted by atomic mass is 16.5. The molecule has 0 saturated heterocycles. The summed E-state index contributed by atoms with van der Waals surface area (Å²) in [5.74, 6) is 0.895. The Morgan fingerprint density at radius 3 is 1.19 bits per heavy atom. The van der Waals surface area contributed by atoms with Crippen LogP contribution in [0, 0.1) is 0 Å². The monoisotopic (exact) mass is 556 g/mol. The quantitative estimate of drug-likeness (QED) is 0.200. The minimum Gasteiger partial charge on any atom is -0.497 e. The van der Waals surface area contributed by atoms with Crippen LogP contribution < -0.4 is 20.1 Å². The molecule has 0 bridgehead atoms. The molecule has 0 aliphatic carbocycles. The Bertz CT molecular complexity index is 1500. The van der Waals surface area contributed by atoms with E-state index in [2.05, 4.69) is 10.6 Å². The van der Waals surface area contributed by atoms with Gasteiger partial charge in [0, 0.05) is 11.1 Å². The molecule has 6 heteroatoms. The van der Waals surface area contributed by atoms with E-state index in [0.717, 1.165) is 33.8 Å². The van der Waals surface area contributed by atoms with Crippen molar-refractivity contribution in [1.29, 1.82) is 0 Å². The lowest BCUT2D eigenvalue weighted by atomic mass is 9.97. The molecular weight excluding hydrogens is 524 g/mol. The third-order valence-corrected chi connectivity index (χ3v) is 7.10. The molecule has 5 aromatic rings. The van der Waals surface area contributed by atoms with E-state index in [1.807, 2.05) is 109 Å². The second-order valence-corrected chi connectivity index (χ2v) is 9.76. The number of nitrogens with one attached hydrogen (secondary N) is 2. The van der Waals surface area contributed by atoms with Gasteiger partial charge in [0.1, 0.15) is 11.5 Å². The molecule has 42 heavy (non-hydrogen) atoms. The molecule has 0 heterocycles. The molecule has 0 radical (unpaired) electrons. The molecule has 0 aliphatic heterocycles. The first-order chi connectivity index (χ1) is 20.6. The van der Waals surface area contributed by atoms with Crippen LogP contribution in [-0.4, -0.2) is 26.0 Å². The van der Waals surface area contributed by atoms with Crippen LogP contribution in [0.25, 0.3) is 0 Å². The SMILES string of the molecule is COc1ccc([C@H](NC(=O)c2cccc(C(=O)N[C@H](c3ccccc3)c3ccc(OC)cc3)c2)c2ccccc2)cc1. The van der Waals surface area contributed by atoms with Crippen LogP contribution in [0.2, 0.25) is 0 Å². The number of benzene rings is 5. The zero-order chi connectivity index (χ0) is 29.3. The fraction of sp³-hybridized carbons (Fsp3) is 0.111. The van der Waals surface area contributed by atoms with Crippen LogP contribution in [-0.2, 0) is 0 Å². The topological polar surface area (TPSA) is 76.7 Å². The lowest BCUT2D eigenvalue weighted by Gasteiger charge is -2.21. The van der Waals surface area contributed by atoms with Gasteiger partial charge in [-0.05, 0) is 64.7 Å². The molecule has 0 aliphatic rings. The second kappa shape index (κ2) is 13.3. The standard InChI is InChI=1S/C36H32N2O4/c1-41-31-20-16-27(17-21-31)33(25-10-5-3-6-11-25)37-35(39)29-14-9-15-30(24-29)36(40)38-34(26-12-7-4-8-13-26)28-18-22-32(42-2)23-19-28/h3-24,33-34H,1-2H3,(H,37,39)(H,38,40)/t33-,34-/m1/s1. The van der Waals surface area contributed by atoms with Crippen molar-refractivity contribution in [3.8, 4) is 11.5 Å². The number of rotatable bonds is 10. The number of carbonyl (C=O) groups excluding carboxylic acids is 2. The Labute approximate surface area is 245 Å². The highest BCUT2D eigenvalue weighted by Gasteiger charge is 2.21. The highest BCUT2D eigenvalue weighted by molar-refractivity contribution is 6.00. The van der Waals surface area contributed by atoms with Crippen LogP contribution in [0.1, 0.15) is 55.1 Å². The first-order valence-corrected chi connectivity index (χ1v) is 13.7. The number of methoxy groups -OCH3 is 2. The third-order valence-electron chi connectivity index (χ3n) is 7.10. The van der Waals surface area contributed by atoms with Gasteiger partial charge in [-0.2, -0.15) is 0 Å². The van der Waals surface area contributed by atoms with Gasteiger partial charge in [0.2, 0.25) is 0 Å². The first-order valence-electron chi connectivity index (χ1n) is 13.7. The van der Waals surface area contributed by atoms with Gasteiger partial charge in [0.25, 0.3) is 11.8 Å². The summed E-state index contributed by atoms with van der Waals surface area (Å²) in [7, 11) is 3.24. The van der Waals surface area contributed by atoms with E-state index in [1.165, 1.54) is 0 Å². The molecule has 2 atom stereocenters. The normalized spacial score (nSPS) is 12.0. The Balaban J connectivity index is 1.38. The minimum atomic E-state index is -0.389. The number of ether oxygens (including phenoxy) is 2. The molecule has 0 aromatic heterocycles. The number of amides is 2.